The van der Waals surface area contributed by atoms with Crippen LogP contribution in [0.1, 0.15) is 26.3 Å². The van der Waals surface area contributed by atoms with E-state index in [0.717, 1.165) is 10.9 Å². The minimum Gasteiger partial charge on any atom is -0.480 e. The van der Waals surface area contributed by atoms with Gasteiger partial charge in [-0.25, -0.2) is 9.59 Å². The van der Waals surface area contributed by atoms with Crippen molar-refractivity contribution < 1.29 is 24.2 Å². The van der Waals surface area contributed by atoms with Crippen LogP contribution >= 0.6 is 0 Å². The molecule has 1 atom stereocenters. The molecule has 1 aromatic carbocycles. The Bertz CT molecular complexity index is 773. The third-order valence-corrected chi connectivity index (χ3v) is 3.40. The number of carboxylic acid groups (broad SMARTS) is 1. The van der Waals surface area contributed by atoms with Crippen molar-refractivity contribution >= 4 is 29.4 Å². The molecule has 2 N–H and O–H groups in total. The highest BCUT2D eigenvalue weighted by Crippen LogP contribution is 2.23. The van der Waals surface area contributed by atoms with Gasteiger partial charge in [0.05, 0.1) is 5.52 Å². The summed E-state index contributed by atoms with van der Waals surface area (Å²) in [5.74, 6) is -1.12. The maximum atomic E-state index is 12.3. The van der Waals surface area contributed by atoms with Gasteiger partial charge < -0.3 is 15.2 Å². The van der Waals surface area contributed by atoms with Crippen molar-refractivity contribution in [3.63, 3.8) is 0 Å². The van der Waals surface area contributed by atoms with Crippen LogP contribution < -0.4 is 5.32 Å². The Hall–Kier alpha value is -2.83. The average molecular weight is 332 g/mol. The van der Waals surface area contributed by atoms with Gasteiger partial charge in [0.2, 0.25) is 6.41 Å². The van der Waals surface area contributed by atoms with Crippen LogP contribution in [0.3, 0.4) is 0 Å². The third-order valence-electron chi connectivity index (χ3n) is 3.40. The highest BCUT2D eigenvalue weighted by atomic mass is 16.6. The zero-order valence-electron chi connectivity index (χ0n) is 13.8. The Balaban J connectivity index is 2.37. The maximum Gasteiger partial charge on any atom is 0.418 e. The molecule has 24 heavy (non-hydrogen) atoms. The van der Waals surface area contributed by atoms with Crippen LogP contribution in [-0.2, 0) is 20.7 Å². The second-order valence-corrected chi connectivity index (χ2v) is 6.40. The number of aliphatic carboxylic acids is 1. The van der Waals surface area contributed by atoms with Crippen molar-refractivity contribution in [2.75, 3.05) is 0 Å². The van der Waals surface area contributed by atoms with E-state index in [4.69, 9.17) is 9.84 Å². The molecular formula is C17H20N2O5. The van der Waals surface area contributed by atoms with E-state index in [1.54, 1.807) is 51.2 Å². The molecule has 1 heterocycles. The summed E-state index contributed by atoms with van der Waals surface area (Å²) in [4.78, 5) is 34.0. The Morgan fingerprint density at radius 2 is 2.04 bits per heavy atom. The molecule has 1 aromatic heterocycles. The van der Waals surface area contributed by atoms with Gasteiger partial charge in [-0.3, -0.25) is 9.36 Å². The van der Waals surface area contributed by atoms with Crippen molar-refractivity contribution in [1.29, 1.82) is 0 Å². The highest BCUT2D eigenvalue weighted by molar-refractivity contribution is 5.92. The van der Waals surface area contributed by atoms with E-state index in [1.165, 1.54) is 4.57 Å². The number of carboxylic acids is 1. The number of carbonyl (C=O) groups is 3. The summed E-state index contributed by atoms with van der Waals surface area (Å²) in [6.07, 6.45) is 1.56. The van der Waals surface area contributed by atoms with Gasteiger partial charge >= 0.3 is 12.1 Å². The van der Waals surface area contributed by atoms with E-state index in [0.29, 0.717) is 11.9 Å². The van der Waals surface area contributed by atoms with Crippen LogP contribution in [-0.4, -0.2) is 39.8 Å². The lowest BCUT2D eigenvalue weighted by Crippen LogP contribution is -2.37. The molecule has 0 spiro atoms. The van der Waals surface area contributed by atoms with Crippen molar-refractivity contribution in [3.8, 4) is 0 Å². The zero-order chi connectivity index (χ0) is 17.9. The van der Waals surface area contributed by atoms with Crippen molar-refractivity contribution in [1.82, 2.24) is 9.88 Å². The summed E-state index contributed by atoms with van der Waals surface area (Å²) in [6.45, 7) is 5.35. The van der Waals surface area contributed by atoms with Gasteiger partial charge in [-0.05, 0) is 38.5 Å². The number of ether oxygens (including phenoxy) is 1. The number of carbonyl (C=O) groups excluding carboxylic acids is 2. The fraction of sp³-hybridized carbons (Fsp3) is 0.353. The number of fused-ring (bicyclic) bond motifs is 1. The van der Waals surface area contributed by atoms with Gasteiger partial charge in [0.15, 0.2) is 0 Å². The standard InChI is InChI=1S/C17H20N2O5/c1-17(2,3)24-16(23)19-8-7-12-11(5-4-6-14(12)19)9-13(15(21)22)18-10-20/h4-8,10,13H,9H2,1-3H3,(H,18,20)(H,21,22)/t13-/m0/s1. The molecule has 0 radical (unpaired) electrons. The number of nitrogens with one attached hydrogen (secondary N) is 1. The number of benzene rings is 1. The quantitative estimate of drug-likeness (QED) is 0.818. The predicted molar refractivity (Wildman–Crippen MR) is 87.9 cm³/mol. The second-order valence-electron chi connectivity index (χ2n) is 6.40. The van der Waals surface area contributed by atoms with Crippen molar-refractivity contribution in [3.05, 3.63) is 36.0 Å². The fourth-order valence-corrected chi connectivity index (χ4v) is 2.40. The first-order chi connectivity index (χ1) is 11.2. The molecule has 7 heteroatoms. The van der Waals surface area contributed by atoms with E-state index >= 15 is 0 Å². The Morgan fingerprint density at radius 3 is 2.62 bits per heavy atom. The first kappa shape index (κ1) is 17.5. The van der Waals surface area contributed by atoms with E-state index in [9.17, 15) is 14.4 Å². The second kappa shape index (κ2) is 6.74. The summed E-state index contributed by atoms with van der Waals surface area (Å²) >= 11 is 0. The Morgan fingerprint density at radius 1 is 1.33 bits per heavy atom. The summed E-state index contributed by atoms with van der Waals surface area (Å²) in [5.41, 5.74) is 0.724. The molecule has 0 bridgehead atoms. The Labute approximate surface area is 139 Å². The summed E-state index contributed by atoms with van der Waals surface area (Å²) < 4.78 is 6.74. The van der Waals surface area contributed by atoms with Gasteiger partial charge in [0.25, 0.3) is 0 Å². The van der Waals surface area contributed by atoms with Crippen LogP contribution in [0, 0.1) is 0 Å². The molecule has 2 aromatic rings. The SMILES string of the molecule is CC(C)(C)OC(=O)n1ccc2c(C[C@H](NC=O)C(=O)O)cccc21. The lowest BCUT2D eigenvalue weighted by atomic mass is 10.0. The minimum absolute atomic E-state index is 0.115. The van der Waals surface area contributed by atoms with Gasteiger partial charge in [-0.1, -0.05) is 12.1 Å². The van der Waals surface area contributed by atoms with Crippen molar-refractivity contribution in [2.24, 2.45) is 0 Å². The zero-order valence-corrected chi connectivity index (χ0v) is 13.8. The molecule has 0 saturated carbocycles. The molecule has 0 fully saturated rings. The smallest absolute Gasteiger partial charge is 0.418 e. The predicted octanol–water partition coefficient (Wildman–Crippen LogP) is 2.17. The molecule has 1 amide bonds. The van der Waals surface area contributed by atoms with E-state index in [2.05, 4.69) is 5.32 Å². The Kier molecular flexibility index (Phi) is 4.92. The largest absolute Gasteiger partial charge is 0.480 e. The van der Waals surface area contributed by atoms with Crippen LogP contribution in [0.5, 0.6) is 0 Å². The first-order valence-corrected chi connectivity index (χ1v) is 7.48. The van der Waals surface area contributed by atoms with Crippen molar-refractivity contribution in [2.45, 2.75) is 38.8 Å². The molecular weight excluding hydrogens is 312 g/mol. The topological polar surface area (TPSA) is 97.6 Å². The molecule has 7 nitrogen and oxygen atoms in total. The van der Waals surface area contributed by atoms with Crippen LogP contribution in [0.2, 0.25) is 0 Å². The lowest BCUT2D eigenvalue weighted by Gasteiger charge is -2.20. The molecule has 128 valence electrons. The maximum absolute atomic E-state index is 12.3. The monoisotopic (exact) mass is 332 g/mol. The van der Waals surface area contributed by atoms with Crippen LogP contribution in [0.25, 0.3) is 10.9 Å². The van der Waals surface area contributed by atoms with Gasteiger partial charge in [0, 0.05) is 18.0 Å². The minimum atomic E-state index is -1.12. The molecule has 0 aliphatic carbocycles. The molecule has 0 saturated heterocycles. The normalized spacial score (nSPS) is 12.6. The molecule has 0 aliphatic heterocycles. The third kappa shape index (κ3) is 3.92. The average Bonchev–Trinajstić information content (AvgIpc) is 2.89. The molecule has 0 aliphatic rings. The first-order valence-electron chi connectivity index (χ1n) is 7.48. The summed E-state index contributed by atoms with van der Waals surface area (Å²) in [5, 5.41) is 12.2. The van der Waals surface area contributed by atoms with E-state index < -0.39 is 23.7 Å². The van der Waals surface area contributed by atoms with Gasteiger partial charge in [-0.2, -0.15) is 0 Å². The number of aromatic nitrogens is 1. The summed E-state index contributed by atoms with van der Waals surface area (Å²) in [7, 11) is 0. The molecule has 0 unspecified atom stereocenters. The molecule has 2 rings (SSSR count). The number of amides is 1. The lowest BCUT2D eigenvalue weighted by molar-refractivity contribution is -0.140. The number of rotatable bonds is 5. The highest BCUT2D eigenvalue weighted by Gasteiger charge is 2.21. The summed E-state index contributed by atoms with van der Waals surface area (Å²) in [6, 6.07) is 5.96. The van der Waals surface area contributed by atoms with Crippen LogP contribution in [0.4, 0.5) is 4.79 Å². The van der Waals surface area contributed by atoms with Gasteiger partial charge in [0.1, 0.15) is 11.6 Å². The van der Waals surface area contributed by atoms with Gasteiger partial charge in [-0.15, -0.1) is 0 Å². The van der Waals surface area contributed by atoms with E-state index in [-0.39, 0.29) is 6.42 Å². The number of hydrogen-bond acceptors (Lipinski definition) is 4. The fourth-order valence-electron chi connectivity index (χ4n) is 2.40. The van der Waals surface area contributed by atoms with E-state index in [1.807, 2.05) is 0 Å². The number of hydrogen-bond donors (Lipinski definition) is 2. The van der Waals surface area contributed by atoms with Crippen LogP contribution in [0.15, 0.2) is 30.5 Å². The number of nitrogens with zero attached hydrogens (tertiary/aromatic N) is 1.